The number of aliphatic hydroxyl groups is 1. The lowest BCUT2D eigenvalue weighted by atomic mass is 10.0. The Balaban J connectivity index is 2.16. The van der Waals surface area contributed by atoms with Crippen molar-refractivity contribution in [1.29, 1.82) is 0 Å². The minimum absolute atomic E-state index is 0.448. The molecule has 0 saturated carbocycles. The van der Waals surface area contributed by atoms with Gasteiger partial charge in [-0.05, 0) is 24.5 Å². The molecule has 0 bridgehead atoms. The van der Waals surface area contributed by atoms with Crippen LogP contribution in [0.2, 0.25) is 0 Å². The smallest absolute Gasteiger partial charge is 0.138 e. The average Bonchev–Trinajstić information content (AvgIpc) is 2.86. The van der Waals surface area contributed by atoms with Crippen LogP contribution in [0.5, 0.6) is 0 Å². The summed E-state index contributed by atoms with van der Waals surface area (Å²) in [5.74, 6) is 0.807. The Bertz CT molecular complexity index is 524. The Hall–Kier alpha value is -1.75. The van der Waals surface area contributed by atoms with Crippen LogP contribution >= 0.6 is 0 Å². The van der Waals surface area contributed by atoms with Gasteiger partial charge in [-0.1, -0.05) is 19.9 Å². The van der Waals surface area contributed by atoms with Crippen LogP contribution in [-0.2, 0) is 19.4 Å². The van der Waals surface area contributed by atoms with Crippen LogP contribution in [0.15, 0.2) is 24.7 Å². The van der Waals surface area contributed by atoms with Crippen LogP contribution in [0.25, 0.3) is 0 Å². The van der Waals surface area contributed by atoms with Gasteiger partial charge in [0, 0.05) is 19.2 Å². The van der Waals surface area contributed by atoms with Gasteiger partial charge in [-0.2, -0.15) is 5.10 Å². The van der Waals surface area contributed by atoms with Crippen molar-refractivity contribution < 1.29 is 5.11 Å². The Morgan fingerprint density at radius 3 is 2.89 bits per heavy atom. The first-order valence-electron chi connectivity index (χ1n) is 6.74. The van der Waals surface area contributed by atoms with Crippen LogP contribution in [0.3, 0.4) is 0 Å². The molecule has 0 aliphatic heterocycles. The molecular formula is C14H20N4O. The average molecular weight is 260 g/mol. The maximum absolute atomic E-state index is 10.4. The Labute approximate surface area is 113 Å². The molecule has 0 saturated heterocycles. The molecule has 19 heavy (non-hydrogen) atoms. The number of rotatable bonds is 6. The number of nitrogens with zero attached hydrogens (tertiary/aromatic N) is 4. The van der Waals surface area contributed by atoms with Crippen molar-refractivity contribution in [3.05, 3.63) is 41.7 Å². The van der Waals surface area contributed by atoms with Crippen LogP contribution in [0.4, 0.5) is 0 Å². The summed E-state index contributed by atoms with van der Waals surface area (Å²) in [7, 11) is 0. The summed E-state index contributed by atoms with van der Waals surface area (Å²) in [6.07, 6.45) is 4.93. The van der Waals surface area contributed by atoms with E-state index in [0.717, 1.165) is 36.5 Å². The van der Waals surface area contributed by atoms with Gasteiger partial charge >= 0.3 is 0 Å². The lowest BCUT2D eigenvalue weighted by Gasteiger charge is -2.13. The quantitative estimate of drug-likeness (QED) is 0.862. The molecule has 0 aliphatic carbocycles. The van der Waals surface area contributed by atoms with Crippen molar-refractivity contribution >= 4 is 0 Å². The third kappa shape index (κ3) is 3.17. The lowest BCUT2D eigenvalue weighted by Crippen LogP contribution is -2.12. The van der Waals surface area contributed by atoms with E-state index in [1.165, 1.54) is 6.33 Å². The Morgan fingerprint density at radius 1 is 1.32 bits per heavy atom. The highest BCUT2D eigenvalue weighted by molar-refractivity contribution is 5.22. The summed E-state index contributed by atoms with van der Waals surface area (Å²) in [4.78, 5) is 8.52. The highest BCUT2D eigenvalue weighted by Gasteiger charge is 2.16. The van der Waals surface area contributed by atoms with E-state index < -0.39 is 6.10 Å². The number of aromatic nitrogens is 4. The fourth-order valence-corrected chi connectivity index (χ4v) is 2.16. The molecule has 1 N–H and O–H groups in total. The molecular weight excluding hydrogens is 240 g/mol. The summed E-state index contributed by atoms with van der Waals surface area (Å²) in [6, 6.07) is 3.90. The molecule has 1 unspecified atom stereocenters. The maximum Gasteiger partial charge on any atom is 0.138 e. The monoisotopic (exact) mass is 260 g/mol. The minimum atomic E-state index is -0.629. The summed E-state index contributed by atoms with van der Waals surface area (Å²) in [5, 5.41) is 14.5. The van der Waals surface area contributed by atoms with Gasteiger partial charge in [0.05, 0.1) is 5.69 Å². The zero-order valence-corrected chi connectivity index (χ0v) is 11.5. The van der Waals surface area contributed by atoms with Gasteiger partial charge in [0.2, 0.25) is 0 Å². The Kier molecular flexibility index (Phi) is 4.63. The first kappa shape index (κ1) is 13.7. The maximum atomic E-state index is 10.4. The van der Waals surface area contributed by atoms with Crippen molar-refractivity contribution in [2.45, 2.75) is 45.8 Å². The van der Waals surface area contributed by atoms with Crippen molar-refractivity contribution in [3.8, 4) is 0 Å². The number of pyridine rings is 1. The van der Waals surface area contributed by atoms with Gasteiger partial charge in [-0.25, -0.2) is 4.98 Å². The summed E-state index contributed by atoms with van der Waals surface area (Å²) in [5.41, 5.74) is 1.83. The first-order valence-corrected chi connectivity index (χ1v) is 6.74. The van der Waals surface area contributed by atoms with E-state index in [2.05, 4.69) is 28.9 Å². The molecule has 2 aromatic rings. The van der Waals surface area contributed by atoms with E-state index in [-0.39, 0.29) is 0 Å². The summed E-state index contributed by atoms with van der Waals surface area (Å²) in [6.45, 7) is 4.98. The zero-order chi connectivity index (χ0) is 13.7. The van der Waals surface area contributed by atoms with Gasteiger partial charge < -0.3 is 5.11 Å². The van der Waals surface area contributed by atoms with Crippen LogP contribution in [0, 0.1) is 0 Å². The van der Waals surface area contributed by atoms with Crippen molar-refractivity contribution in [2.75, 3.05) is 0 Å². The third-order valence-electron chi connectivity index (χ3n) is 3.13. The van der Waals surface area contributed by atoms with Crippen molar-refractivity contribution in [1.82, 2.24) is 19.7 Å². The van der Waals surface area contributed by atoms with Crippen molar-refractivity contribution in [3.63, 3.8) is 0 Å². The molecule has 1 atom stereocenters. The van der Waals surface area contributed by atoms with Gasteiger partial charge in [0.25, 0.3) is 0 Å². The highest BCUT2D eigenvalue weighted by Crippen LogP contribution is 2.19. The number of hydrogen-bond donors (Lipinski definition) is 1. The second-order valence-corrected chi connectivity index (χ2v) is 4.52. The first-order chi connectivity index (χ1) is 9.26. The number of aryl methyl sites for hydroxylation is 2. The standard InChI is InChI=1S/C14H20N4O/c1-3-8-18-13(16-10-17-18)9-12(19)14-11(4-2)6-5-7-15-14/h5-7,10,12,19H,3-4,8-9H2,1-2H3. The highest BCUT2D eigenvalue weighted by atomic mass is 16.3. The van der Waals surface area contributed by atoms with Gasteiger partial charge in [-0.15, -0.1) is 0 Å². The van der Waals surface area contributed by atoms with E-state index in [9.17, 15) is 5.11 Å². The van der Waals surface area contributed by atoms with Crippen molar-refractivity contribution in [2.24, 2.45) is 0 Å². The molecule has 0 spiro atoms. The Morgan fingerprint density at radius 2 is 2.16 bits per heavy atom. The molecule has 2 heterocycles. The van der Waals surface area contributed by atoms with E-state index in [1.54, 1.807) is 6.20 Å². The predicted molar refractivity (Wildman–Crippen MR) is 72.6 cm³/mol. The second kappa shape index (κ2) is 6.43. The SMILES string of the molecule is CCCn1ncnc1CC(O)c1ncccc1CC. The second-order valence-electron chi connectivity index (χ2n) is 4.52. The molecule has 5 heteroatoms. The molecule has 2 aromatic heterocycles. The van der Waals surface area contributed by atoms with Gasteiger partial charge in [-0.3, -0.25) is 9.67 Å². The molecule has 0 radical (unpaired) electrons. The minimum Gasteiger partial charge on any atom is -0.386 e. The third-order valence-corrected chi connectivity index (χ3v) is 3.13. The van der Waals surface area contributed by atoms with E-state index in [0.29, 0.717) is 6.42 Å². The molecule has 0 aromatic carbocycles. The van der Waals surface area contributed by atoms with E-state index >= 15 is 0 Å². The summed E-state index contributed by atoms with van der Waals surface area (Å²) < 4.78 is 1.85. The number of aliphatic hydroxyl groups excluding tert-OH is 1. The zero-order valence-electron chi connectivity index (χ0n) is 11.5. The van der Waals surface area contributed by atoms with E-state index in [1.807, 2.05) is 16.8 Å². The topological polar surface area (TPSA) is 63.8 Å². The fourth-order valence-electron chi connectivity index (χ4n) is 2.16. The van der Waals surface area contributed by atoms with Crippen LogP contribution in [0.1, 0.15) is 43.5 Å². The lowest BCUT2D eigenvalue weighted by molar-refractivity contribution is 0.168. The molecule has 0 amide bonds. The molecule has 0 aliphatic rings. The van der Waals surface area contributed by atoms with Gasteiger partial charge in [0.15, 0.2) is 0 Å². The van der Waals surface area contributed by atoms with E-state index in [4.69, 9.17) is 0 Å². The largest absolute Gasteiger partial charge is 0.386 e. The molecule has 2 rings (SSSR count). The van der Waals surface area contributed by atoms with Gasteiger partial charge in [0.1, 0.15) is 18.3 Å². The molecule has 102 valence electrons. The normalized spacial score (nSPS) is 12.6. The fraction of sp³-hybridized carbons (Fsp3) is 0.500. The van der Waals surface area contributed by atoms with Crippen LogP contribution < -0.4 is 0 Å². The predicted octanol–water partition coefficient (Wildman–Crippen LogP) is 1.92. The van der Waals surface area contributed by atoms with Crippen LogP contribution in [-0.4, -0.2) is 24.9 Å². The number of hydrogen-bond acceptors (Lipinski definition) is 4. The molecule has 0 fully saturated rings. The molecule has 5 nitrogen and oxygen atoms in total. The summed E-state index contributed by atoms with van der Waals surface area (Å²) >= 11 is 0.